The van der Waals surface area contributed by atoms with E-state index in [0.717, 1.165) is 15.7 Å². The number of rotatable bonds is 1. The molecular weight excluding hydrogens is 281 g/mol. The Labute approximate surface area is 108 Å². The second-order valence-corrected chi connectivity index (χ2v) is 5.13. The molecule has 0 bridgehead atoms. The van der Waals surface area contributed by atoms with Crippen LogP contribution in [0.3, 0.4) is 0 Å². The zero-order chi connectivity index (χ0) is 11.8. The third-order valence-corrected chi connectivity index (χ3v) is 3.66. The molecule has 0 spiro atoms. The minimum absolute atomic E-state index is 0.116. The number of halogens is 2. The van der Waals surface area contributed by atoms with Gasteiger partial charge in [0.05, 0.1) is 6.04 Å². The van der Waals surface area contributed by atoms with E-state index in [1.165, 1.54) is 11.6 Å². The average molecular weight is 292 g/mol. The van der Waals surface area contributed by atoms with E-state index in [0.29, 0.717) is 6.42 Å². The largest absolute Gasteiger partial charge is 0.378 e. The zero-order valence-corrected chi connectivity index (χ0v) is 10.7. The van der Waals surface area contributed by atoms with Crippen LogP contribution in [0.15, 0.2) is 46.9 Å². The highest BCUT2D eigenvalue weighted by Gasteiger charge is 2.24. The molecular formula is C14H11BrFN. The number of hydrogen-bond acceptors (Lipinski definition) is 1. The fourth-order valence-corrected chi connectivity index (χ4v) is 2.50. The van der Waals surface area contributed by atoms with Crippen molar-refractivity contribution in [3.05, 3.63) is 63.9 Å². The molecule has 1 atom stereocenters. The molecule has 1 N–H and O–H groups in total. The molecule has 0 fully saturated rings. The molecule has 1 heterocycles. The molecule has 1 aliphatic rings. The second kappa shape index (κ2) is 4.15. The summed E-state index contributed by atoms with van der Waals surface area (Å²) in [5.74, 6) is -0.116. The van der Waals surface area contributed by atoms with Crippen LogP contribution < -0.4 is 5.32 Å². The van der Waals surface area contributed by atoms with E-state index < -0.39 is 0 Å². The van der Waals surface area contributed by atoms with Gasteiger partial charge in [-0.3, -0.25) is 0 Å². The smallest absolute Gasteiger partial charge is 0.128 e. The van der Waals surface area contributed by atoms with Crippen molar-refractivity contribution in [2.45, 2.75) is 12.5 Å². The van der Waals surface area contributed by atoms with Gasteiger partial charge in [-0.1, -0.05) is 34.1 Å². The Bertz CT molecular complexity index is 551. The van der Waals surface area contributed by atoms with Gasteiger partial charge < -0.3 is 5.32 Å². The highest BCUT2D eigenvalue weighted by molar-refractivity contribution is 9.10. The Morgan fingerprint density at radius 2 is 1.88 bits per heavy atom. The maximum atomic E-state index is 13.6. The van der Waals surface area contributed by atoms with Crippen molar-refractivity contribution in [1.29, 1.82) is 0 Å². The minimum atomic E-state index is -0.116. The maximum absolute atomic E-state index is 13.6. The van der Waals surface area contributed by atoms with E-state index in [1.54, 1.807) is 6.07 Å². The molecule has 2 aromatic carbocycles. The van der Waals surface area contributed by atoms with Crippen molar-refractivity contribution in [2.24, 2.45) is 0 Å². The Morgan fingerprint density at radius 3 is 2.59 bits per heavy atom. The van der Waals surface area contributed by atoms with Crippen LogP contribution in [0.5, 0.6) is 0 Å². The molecule has 1 aliphatic heterocycles. The van der Waals surface area contributed by atoms with Crippen molar-refractivity contribution in [1.82, 2.24) is 0 Å². The van der Waals surface area contributed by atoms with Gasteiger partial charge in [-0.25, -0.2) is 4.39 Å². The molecule has 3 heteroatoms. The van der Waals surface area contributed by atoms with Crippen LogP contribution in [0.4, 0.5) is 10.1 Å². The third-order valence-electron chi connectivity index (χ3n) is 3.13. The fourth-order valence-electron chi connectivity index (χ4n) is 2.24. The predicted molar refractivity (Wildman–Crippen MR) is 70.6 cm³/mol. The summed E-state index contributed by atoms with van der Waals surface area (Å²) in [6.45, 7) is 0. The van der Waals surface area contributed by atoms with Gasteiger partial charge in [0.15, 0.2) is 0 Å². The lowest BCUT2D eigenvalue weighted by Gasteiger charge is -2.11. The van der Waals surface area contributed by atoms with Crippen molar-refractivity contribution in [3.8, 4) is 0 Å². The molecule has 0 saturated carbocycles. The van der Waals surface area contributed by atoms with Crippen molar-refractivity contribution in [2.75, 3.05) is 5.32 Å². The summed E-state index contributed by atoms with van der Waals surface area (Å²) in [6, 6.07) is 13.5. The molecule has 0 saturated heterocycles. The summed E-state index contributed by atoms with van der Waals surface area (Å²) in [7, 11) is 0. The van der Waals surface area contributed by atoms with Gasteiger partial charge in [0, 0.05) is 22.1 Å². The van der Waals surface area contributed by atoms with Gasteiger partial charge in [0.2, 0.25) is 0 Å². The normalized spacial score (nSPS) is 17.6. The molecule has 0 radical (unpaired) electrons. The number of hydrogen-bond donors (Lipinski definition) is 1. The summed E-state index contributed by atoms with van der Waals surface area (Å²) < 4.78 is 14.7. The number of anilines is 1. The second-order valence-electron chi connectivity index (χ2n) is 4.22. The molecule has 2 aromatic rings. The lowest BCUT2D eigenvalue weighted by molar-refractivity contribution is 0.610. The van der Waals surface area contributed by atoms with Gasteiger partial charge in [-0.15, -0.1) is 0 Å². The predicted octanol–water partition coefficient (Wildman–Crippen LogP) is 4.30. The Balaban J connectivity index is 1.91. The van der Waals surface area contributed by atoms with Crippen LogP contribution >= 0.6 is 15.9 Å². The quantitative estimate of drug-likeness (QED) is 0.826. The minimum Gasteiger partial charge on any atom is -0.378 e. The molecule has 0 amide bonds. The van der Waals surface area contributed by atoms with Crippen molar-refractivity contribution < 1.29 is 4.39 Å². The summed E-state index contributed by atoms with van der Waals surface area (Å²) in [5, 5.41) is 3.36. The number of nitrogens with one attached hydrogen (secondary N) is 1. The SMILES string of the molecule is Fc1cccc2c1CC(c1ccc(Br)cc1)N2. The first-order valence-corrected chi connectivity index (χ1v) is 6.33. The highest BCUT2D eigenvalue weighted by atomic mass is 79.9. The lowest BCUT2D eigenvalue weighted by atomic mass is 10.0. The standard InChI is InChI=1S/C14H11BrFN/c15-10-6-4-9(5-7-10)14-8-11-12(16)2-1-3-13(11)17-14/h1-7,14,17H,8H2. The van der Waals surface area contributed by atoms with Crippen LogP contribution in [0.1, 0.15) is 17.2 Å². The Kier molecular flexibility index (Phi) is 2.63. The van der Waals surface area contributed by atoms with E-state index in [2.05, 4.69) is 33.4 Å². The average Bonchev–Trinajstić information content (AvgIpc) is 2.75. The Hall–Kier alpha value is -1.35. The topological polar surface area (TPSA) is 12.0 Å². The Morgan fingerprint density at radius 1 is 1.12 bits per heavy atom. The highest BCUT2D eigenvalue weighted by Crippen LogP contribution is 2.35. The van der Waals surface area contributed by atoms with Gasteiger partial charge >= 0.3 is 0 Å². The summed E-state index contributed by atoms with van der Waals surface area (Å²) in [6.07, 6.45) is 0.712. The number of benzene rings is 2. The van der Waals surface area contributed by atoms with Gasteiger partial charge in [-0.05, 0) is 29.8 Å². The number of fused-ring (bicyclic) bond motifs is 1. The van der Waals surface area contributed by atoms with E-state index in [9.17, 15) is 4.39 Å². The van der Waals surface area contributed by atoms with Crippen LogP contribution in [0.2, 0.25) is 0 Å². The maximum Gasteiger partial charge on any atom is 0.128 e. The van der Waals surface area contributed by atoms with Gasteiger partial charge in [0.1, 0.15) is 5.82 Å². The molecule has 1 unspecified atom stereocenters. The molecule has 86 valence electrons. The molecule has 17 heavy (non-hydrogen) atoms. The molecule has 0 aromatic heterocycles. The van der Waals surface area contributed by atoms with Crippen LogP contribution in [0.25, 0.3) is 0 Å². The molecule has 0 aliphatic carbocycles. The van der Waals surface area contributed by atoms with Gasteiger partial charge in [0.25, 0.3) is 0 Å². The van der Waals surface area contributed by atoms with Gasteiger partial charge in [-0.2, -0.15) is 0 Å². The lowest BCUT2D eigenvalue weighted by Crippen LogP contribution is -2.05. The monoisotopic (exact) mass is 291 g/mol. The third kappa shape index (κ3) is 1.95. The van der Waals surface area contributed by atoms with E-state index in [4.69, 9.17) is 0 Å². The van der Waals surface area contributed by atoms with E-state index >= 15 is 0 Å². The first-order valence-electron chi connectivity index (χ1n) is 5.53. The summed E-state index contributed by atoms with van der Waals surface area (Å²) in [5.41, 5.74) is 2.89. The summed E-state index contributed by atoms with van der Waals surface area (Å²) >= 11 is 3.41. The molecule has 1 nitrogen and oxygen atoms in total. The fraction of sp³-hybridized carbons (Fsp3) is 0.143. The van der Waals surface area contributed by atoms with Crippen LogP contribution in [-0.2, 0) is 6.42 Å². The zero-order valence-electron chi connectivity index (χ0n) is 9.08. The van der Waals surface area contributed by atoms with Crippen LogP contribution in [-0.4, -0.2) is 0 Å². The van der Waals surface area contributed by atoms with Crippen LogP contribution in [0, 0.1) is 5.82 Å². The van der Waals surface area contributed by atoms with E-state index in [1.807, 2.05) is 18.2 Å². The van der Waals surface area contributed by atoms with Crippen molar-refractivity contribution >= 4 is 21.6 Å². The first-order chi connectivity index (χ1) is 8.24. The first kappa shape index (κ1) is 10.8. The molecule has 3 rings (SSSR count). The summed E-state index contributed by atoms with van der Waals surface area (Å²) in [4.78, 5) is 0. The van der Waals surface area contributed by atoms with Crippen molar-refractivity contribution in [3.63, 3.8) is 0 Å². The van der Waals surface area contributed by atoms with E-state index in [-0.39, 0.29) is 11.9 Å².